The van der Waals surface area contributed by atoms with Gasteiger partial charge >= 0.3 is 0 Å². The van der Waals surface area contributed by atoms with Crippen molar-refractivity contribution >= 4 is 11.6 Å². The predicted octanol–water partition coefficient (Wildman–Crippen LogP) is 1.97. The first-order valence-corrected chi connectivity index (χ1v) is 4.62. The number of aromatic amines is 1. The number of amides is 1. The molecule has 0 atom stereocenters. The molecule has 76 valence electrons. The molecule has 0 radical (unpaired) electrons. The van der Waals surface area contributed by atoms with E-state index in [2.05, 4.69) is 15.3 Å². The van der Waals surface area contributed by atoms with E-state index in [9.17, 15) is 4.79 Å². The van der Waals surface area contributed by atoms with Crippen molar-refractivity contribution in [3.8, 4) is 0 Å². The number of aryl methyl sites for hydroxylation is 1. The van der Waals surface area contributed by atoms with E-state index in [-0.39, 0.29) is 5.91 Å². The van der Waals surface area contributed by atoms with Crippen LogP contribution in [0, 0.1) is 6.92 Å². The molecule has 0 aliphatic rings. The average molecular weight is 201 g/mol. The molecule has 0 saturated carbocycles. The predicted molar refractivity (Wildman–Crippen MR) is 57.7 cm³/mol. The van der Waals surface area contributed by atoms with Crippen LogP contribution in [0.1, 0.15) is 16.1 Å². The number of carbonyl (C=O) groups is 1. The summed E-state index contributed by atoms with van der Waals surface area (Å²) in [5.41, 5.74) is 2.25. The van der Waals surface area contributed by atoms with Gasteiger partial charge in [0, 0.05) is 30.0 Å². The molecule has 0 aromatic carbocycles. The fourth-order valence-corrected chi connectivity index (χ4v) is 1.29. The van der Waals surface area contributed by atoms with E-state index in [1.165, 1.54) is 0 Å². The van der Waals surface area contributed by atoms with Gasteiger partial charge in [-0.15, -0.1) is 0 Å². The molecule has 2 N–H and O–H groups in total. The second kappa shape index (κ2) is 3.96. The number of hydrogen-bond donors (Lipinski definition) is 2. The van der Waals surface area contributed by atoms with Crippen molar-refractivity contribution in [2.75, 3.05) is 5.32 Å². The van der Waals surface area contributed by atoms with Crippen molar-refractivity contribution in [1.82, 2.24) is 9.97 Å². The maximum absolute atomic E-state index is 11.6. The molecule has 15 heavy (non-hydrogen) atoms. The number of carbonyl (C=O) groups excluding carboxylic acids is 1. The summed E-state index contributed by atoms with van der Waals surface area (Å²) in [7, 11) is 0. The van der Waals surface area contributed by atoms with Gasteiger partial charge in [0.15, 0.2) is 0 Å². The third-order valence-electron chi connectivity index (χ3n) is 2.01. The summed E-state index contributed by atoms with van der Waals surface area (Å²) in [5, 5.41) is 2.79. The van der Waals surface area contributed by atoms with Crippen LogP contribution >= 0.6 is 0 Å². The van der Waals surface area contributed by atoms with Gasteiger partial charge in [-0.2, -0.15) is 0 Å². The fourth-order valence-electron chi connectivity index (χ4n) is 1.29. The number of rotatable bonds is 2. The molecule has 0 unspecified atom stereocenters. The van der Waals surface area contributed by atoms with Gasteiger partial charge in [-0.25, -0.2) is 0 Å². The minimum absolute atomic E-state index is 0.123. The lowest BCUT2D eigenvalue weighted by atomic mass is 10.3. The Balaban J connectivity index is 2.13. The summed E-state index contributed by atoms with van der Waals surface area (Å²) in [5.74, 6) is -0.123. The highest BCUT2D eigenvalue weighted by Crippen LogP contribution is 2.09. The number of hydrogen-bond acceptors (Lipinski definition) is 2. The Labute approximate surface area is 87.4 Å². The number of pyridine rings is 1. The Kier molecular flexibility index (Phi) is 2.49. The summed E-state index contributed by atoms with van der Waals surface area (Å²) in [4.78, 5) is 18.5. The SMILES string of the molecule is Cc1cc(NC(=O)c2cc[nH]c2)ccn1. The van der Waals surface area contributed by atoms with E-state index >= 15 is 0 Å². The van der Waals surface area contributed by atoms with Crippen LogP contribution in [0.2, 0.25) is 0 Å². The second-order valence-electron chi connectivity index (χ2n) is 3.24. The molecule has 2 heterocycles. The highest BCUT2D eigenvalue weighted by atomic mass is 16.1. The number of nitrogens with zero attached hydrogens (tertiary/aromatic N) is 1. The number of anilines is 1. The maximum atomic E-state index is 11.6. The number of H-pyrrole nitrogens is 1. The molecule has 0 bridgehead atoms. The van der Waals surface area contributed by atoms with Gasteiger partial charge in [-0.1, -0.05) is 0 Å². The first-order chi connectivity index (χ1) is 7.25. The zero-order valence-corrected chi connectivity index (χ0v) is 8.32. The molecule has 2 aromatic rings. The monoisotopic (exact) mass is 201 g/mol. The molecule has 0 fully saturated rings. The van der Waals surface area contributed by atoms with Crippen LogP contribution in [0.4, 0.5) is 5.69 Å². The minimum atomic E-state index is -0.123. The summed E-state index contributed by atoms with van der Waals surface area (Å²) in [6, 6.07) is 5.31. The van der Waals surface area contributed by atoms with Crippen molar-refractivity contribution in [3.05, 3.63) is 48.0 Å². The molecule has 2 aromatic heterocycles. The topological polar surface area (TPSA) is 57.8 Å². The highest BCUT2D eigenvalue weighted by Gasteiger charge is 2.05. The van der Waals surface area contributed by atoms with Crippen molar-refractivity contribution in [2.24, 2.45) is 0 Å². The summed E-state index contributed by atoms with van der Waals surface area (Å²) in [6.45, 7) is 1.88. The Bertz CT molecular complexity index is 462. The zero-order chi connectivity index (χ0) is 10.7. The molecular formula is C11H11N3O. The van der Waals surface area contributed by atoms with Crippen LogP contribution in [0.5, 0.6) is 0 Å². The Morgan fingerprint density at radius 3 is 3.00 bits per heavy atom. The summed E-state index contributed by atoms with van der Waals surface area (Å²) < 4.78 is 0. The maximum Gasteiger partial charge on any atom is 0.257 e. The summed E-state index contributed by atoms with van der Waals surface area (Å²) in [6.07, 6.45) is 5.04. The fraction of sp³-hybridized carbons (Fsp3) is 0.0909. The van der Waals surface area contributed by atoms with Crippen LogP contribution in [0.25, 0.3) is 0 Å². The third-order valence-corrected chi connectivity index (χ3v) is 2.01. The van der Waals surface area contributed by atoms with E-state index in [1.807, 2.05) is 13.0 Å². The molecule has 0 aliphatic carbocycles. The van der Waals surface area contributed by atoms with Gasteiger partial charge in [0.25, 0.3) is 5.91 Å². The van der Waals surface area contributed by atoms with Gasteiger partial charge in [0.05, 0.1) is 5.56 Å². The van der Waals surface area contributed by atoms with Crippen molar-refractivity contribution in [1.29, 1.82) is 0 Å². The van der Waals surface area contributed by atoms with Gasteiger partial charge in [0.1, 0.15) is 0 Å². The smallest absolute Gasteiger partial charge is 0.257 e. The van der Waals surface area contributed by atoms with Gasteiger partial charge in [0.2, 0.25) is 0 Å². The van der Waals surface area contributed by atoms with Crippen LogP contribution < -0.4 is 5.32 Å². The van der Waals surface area contributed by atoms with Crippen molar-refractivity contribution < 1.29 is 4.79 Å². The Morgan fingerprint density at radius 1 is 1.47 bits per heavy atom. The largest absolute Gasteiger partial charge is 0.367 e. The van der Waals surface area contributed by atoms with E-state index in [1.54, 1.807) is 30.7 Å². The van der Waals surface area contributed by atoms with E-state index in [4.69, 9.17) is 0 Å². The molecule has 0 spiro atoms. The number of nitrogens with one attached hydrogen (secondary N) is 2. The summed E-state index contributed by atoms with van der Waals surface area (Å²) >= 11 is 0. The average Bonchev–Trinajstić information content (AvgIpc) is 2.70. The quantitative estimate of drug-likeness (QED) is 0.780. The van der Waals surface area contributed by atoms with Crippen LogP contribution in [-0.4, -0.2) is 15.9 Å². The second-order valence-corrected chi connectivity index (χ2v) is 3.24. The Morgan fingerprint density at radius 2 is 2.33 bits per heavy atom. The molecule has 0 aliphatic heterocycles. The van der Waals surface area contributed by atoms with Crippen molar-refractivity contribution in [2.45, 2.75) is 6.92 Å². The minimum Gasteiger partial charge on any atom is -0.367 e. The first-order valence-electron chi connectivity index (χ1n) is 4.62. The lowest BCUT2D eigenvalue weighted by Crippen LogP contribution is -2.10. The van der Waals surface area contributed by atoms with E-state index in [0.29, 0.717) is 5.56 Å². The van der Waals surface area contributed by atoms with Gasteiger partial charge in [-0.05, 0) is 25.1 Å². The third kappa shape index (κ3) is 2.22. The lowest BCUT2D eigenvalue weighted by molar-refractivity contribution is 0.102. The highest BCUT2D eigenvalue weighted by molar-refractivity contribution is 6.04. The first kappa shape index (κ1) is 9.45. The lowest BCUT2D eigenvalue weighted by Gasteiger charge is -2.03. The number of aromatic nitrogens is 2. The van der Waals surface area contributed by atoms with Gasteiger partial charge < -0.3 is 10.3 Å². The molecule has 2 rings (SSSR count). The molecule has 1 amide bonds. The van der Waals surface area contributed by atoms with E-state index in [0.717, 1.165) is 11.4 Å². The Hall–Kier alpha value is -2.10. The van der Waals surface area contributed by atoms with Crippen LogP contribution in [0.15, 0.2) is 36.8 Å². The molecule has 4 heteroatoms. The normalized spacial score (nSPS) is 9.93. The van der Waals surface area contributed by atoms with Crippen LogP contribution in [0.3, 0.4) is 0 Å². The van der Waals surface area contributed by atoms with Crippen LogP contribution in [-0.2, 0) is 0 Å². The van der Waals surface area contributed by atoms with Crippen molar-refractivity contribution in [3.63, 3.8) is 0 Å². The zero-order valence-electron chi connectivity index (χ0n) is 8.32. The molecule has 0 saturated heterocycles. The van der Waals surface area contributed by atoms with E-state index < -0.39 is 0 Å². The molecular weight excluding hydrogens is 190 g/mol. The van der Waals surface area contributed by atoms with Gasteiger partial charge in [-0.3, -0.25) is 9.78 Å². The molecule has 4 nitrogen and oxygen atoms in total. The standard InChI is InChI=1S/C11H11N3O/c1-8-6-10(3-5-13-8)14-11(15)9-2-4-12-7-9/h2-7,12H,1H3,(H,13,14,15).